The summed E-state index contributed by atoms with van der Waals surface area (Å²) in [6.45, 7) is 1.76. The van der Waals surface area contributed by atoms with E-state index in [0.717, 1.165) is 5.56 Å². The summed E-state index contributed by atoms with van der Waals surface area (Å²) in [6, 6.07) is 14.4. The van der Waals surface area contributed by atoms with Crippen LogP contribution in [0.1, 0.15) is 23.0 Å². The van der Waals surface area contributed by atoms with Gasteiger partial charge in [-0.1, -0.05) is 30.3 Å². The molecule has 0 atom stereocenters. The molecule has 3 aromatic rings. The minimum absolute atomic E-state index is 0.148. The number of rotatable bonds is 5. The molecule has 0 fully saturated rings. The van der Waals surface area contributed by atoms with Gasteiger partial charge < -0.3 is 10.4 Å². The van der Waals surface area contributed by atoms with E-state index < -0.39 is 11.8 Å². The topological polar surface area (TPSA) is 101 Å². The third kappa shape index (κ3) is 3.40. The molecule has 1 heterocycles. The molecule has 7 heteroatoms. The van der Waals surface area contributed by atoms with E-state index in [1.807, 2.05) is 30.3 Å². The Hall–Kier alpha value is -3.48. The Kier molecular flexibility index (Phi) is 4.30. The number of nitrogens with one attached hydrogen (secondary N) is 1. The Morgan fingerprint density at radius 2 is 1.84 bits per heavy atom. The van der Waals surface area contributed by atoms with Crippen LogP contribution < -0.4 is 5.32 Å². The molecule has 126 valence electrons. The number of carboxylic acid groups (broad SMARTS) is 1. The highest BCUT2D eigenvalue weighted by Gasteiger charge is 2.23. The highest BCUT2D eigenvalue weighted by atomic mass is 16.4. The molecule has 0 saturated heterocycles. The number of fused-ring (bicyclic) bond motifs is 1. The predicted octanol–water partition coefficient (Wildman–Crippen LogP) is 2.31. The second-order valence-electron chi connectivity index (χ2n) is 5.54. The number of aliphatic carboxylic acids is 1. The summed E-state index contributed by atoms with van der Waals surface area (Å²) in [5, 5.41) is 16.2. The van der Waals surface area contributed by atoms with Gasteiger partial charge in [0.05, 0.1) is 12.1 Å². The second kappa shape index (κ2) is 6.56. The van der Waals surface area contributed by atoms with Gasteiger partial charge in [0.2, 0.25) is 5.91 Å². The Labute approximate surface area is 142 Å². The molecule has 2 N–H and O–H groups in total. The Morgan fingerprint density at radius 3 is 2.48 bits per heavy atom. The minimum atomic E-state index is -1.57. The van der Waals surface area contributed by atoms with Gasteiger partial charge in [0.15, 0.2) is 0 Å². The first-order valence-electron chi connectivity index (χ1n) is 7.55. The van der Waals surface area contributed by atoms with E-state index in [9.17, 15) is 14.4 Å². The number of amides is 1. The van der Waals surface area contributed by atoms with E-state index in [0.29, 0.717) is 23.1 Å². The van der Waals surface area contributed by atoms with Gasteiger partial charge in [-0.25, -0.2) is 4.79 Å². The maximum atomic E-state index is 12.0. The van der Waals surface area contributed by atoms with E-state index in [1.165, 1.54) is 6.92 Å². The van der Waals surface area contributed by atoms with Crippen LogP contribution in [-0.2, 0) is 16.1 Å². The van der Waals surface area contributed by atoms with Crippen molar-refractivity contribution in [2.24, 2.45) is 0 Å². The lowest BCUT2D eigenvalue weighted by Gasteiger charge is -2.05. The highest BCUT2D eigenvalue weighted by molar-refractivity contribution is 6.41. The highest BCUT2D eigenvalue weighted by Crippen LogP contribution is 2.24. The monoisotopic (exact) mass is 337 g/mol. The fraction of sp³-hybridized carbons (Fsp3) is 0.111. The summed E-state index contributed by atoms with van der Waals surface area (Å²) >= 11 is 0. The number of hydrogen-bond donors (Lipinski definition) is 2. The molecule has 0 saturated carbocycles. The summed E-state index contributed by atoms with van der Waals surface area (Å²) in [7, 11) is 0. The number of carboxylic acids is 1. The van der Waals surface area contributed by atoms with Gasteiger partial charge in [-0.3, -0.25) is 14.3 Å². The molecule has 3 rings (SSSR count). The van der Waals surface area contributed by atoms with Crippen molar-refractivity contribution >= 4 is 34.3 Å². The molecule has 0 aliphatic carbocycles. The number of carbonyl (C=O) groups excluding carboxylic acids is 2. The third-order valence-electron chi connectivity index (χ3n) is 3.66. The lowest BCUT2D eigenvalue weighted by atomic mass is 10.1. The fourth-order valence-corrected chi connectivity index (χ4v) is 2.61. The van der Waals surface area contributed by atoms with E-state index in [-0.39, 0.29) is 11.6 Å². The fourth-order valence-electron chi connectivity index (χ4n) is 2.61. The number of Topliss-reactive ketones (excluding diaryl/α,β-unsaturated/α-hetero) is 1. The quantitative estimate of drug-likeness (QED) is 0.549. The Morgan fingerprint density at radius 1 is 1.12 bits per heavy atom. The maximum Gasteiger partial charge on any atom is 0.379 e. The summed E-state index contributed by atoms with van der Waals surface area (Å²) in [5.41, 5.74) is 1.90. The van der Waals surface area contributed by atoms with Crippen molar-refractivity contribution in [2.75, 3.05) is 5.32 Å². The van der Waals surface area contributed by atoms with Crippen molar-refractivity contribution in [3.05, 3.63) is 59.8 Å². The number of nitrogens with zero attached hydrogens (tertiary/aromatic N) is 2. The normalized spacial score (nSPS) is 10.6. The van der Waals surface area contributed by atoms with E-state index in [4.69, 9.17) is 5.11 Å². The molecule has 0 radical (unpaired) electrons. The molecule has 0 spiro atoms. The van der Waals surface area contributed by atoms with Crippen molar-refractivity contribution in [2.45, 2.75) is 13.5 Å². The zero-order valence-corrected chi connectivity index (χ0v) is 13.4. The van der Waals surface area contributed by atoms with Crippen molar-refractivity contribution in [3.63, 3.8) is 0 Å². The first-order chi connectivity index (χ1) is 12.0. The van der Waals surface area contributed by atoms with Crippen LogP contribution in [0.3, 0.4) is 0 Å². The largest absolute Gasteiger partial charge is 0.475 e. The molecule has 2 aromatic carbocycles. The van der Waals surface area contributed by atoms with Crippen molar-refractivity contribution in [1.82, 2.24) is 9.78 Å². The van der Waals surface area contributed by atoms with E-state index in [1.54, 1.807) is 22.9 Å². The van der Waals surface area contributed by atoms with Gasteiger partial charge in [-0.05, 0) is 23.8 Å². The number of benzene rings is 2. The minimum Gasteiger partial charge on any atom is -0.475 e. The first-order valence-corrected chi connectivity index (χ1v) is 7.55. The molecule has 7 nitrogen and oxygen atoms in total. The van der Waals surface area contributed by atoms with Crippen molar-refractivity contribution in [3.8, 4) is 0 Å². The van der Waals surface area contributed by atoms with Crippen LogP contribution >= 0.6 is 0 Å². The summed E-state index contributed by atoms with van der Waals surface area (Å²) < 4.78 is 1.58. The third-order valence-corrected chi connectivity index (χ3v) is 3.66. The van der Waals surface area contributed by atoms with E-state index >= 15 is 0 Å². The summed E-state index contributed by atoms with van der Waals surface area (Å²) in [5.74, 6) is -2.92. The van der Waals surface area contributed by atoms with Crippen LogP contribution in [-0.4, -0.2) is 32.5 Å². The molecule has 0 bridgehead atoms. The molecule has 1 amide bonds. The van der Waals surface area contributed by atoms with Crippen LogP contribution in [0.2, 0.25) is 0 Å². The number of anilines is 1. The van der Waals surface area contributed by atoms with Crippen LogP contribution in [0.4, 0.5) is 5.69 Å². The van der Waals surface area contributed by atoms with Crippen LogP contribution in [0.5, 0.6) is 0 Å². The van der Waals surface area contributed by atoms with E-state index in [2.05, 4.69) is 10.4 Å². The number of hydrogen-bond acceptors (Lipinski definition) is 4. The summed E-state index contributed by atoms with van der Waals surface area (Å²) in [4.78, 5) is 34.3. The second-order valence-corrected chi connectivity index (χ2v) is 5.54. The molecular weight excluding hydrogens is 322 g/mol. The Balaban J connectivity index is 2.12. The first kappa shape index (κ1) is 16.4. The smallest absolute Gasteiger partial charge is 0.379 e. The molecule has 25 heavy (non-hydrogen) atoms. The lowest BCUT2D eigenvalue weighted by molar-refractivity contribution is -0.131. The van der Waals surface area contributed by atoms with Gasteiger partial charge >= 0.3 is 5.97 Å². The predicted molar refractivity (Wildman–Crippen MR) is 91.5 cm³/mol. The molecule has 1 aromatic heterocycles. The van der Waals surface area contributed by atoms with Crippen LogP contribution in [0.25, 0.3) is 10.9 Å². The molecule has 0 aliphatic heterocycles. The van der Waals surface area contributed by atoms with Crippen molar-refractivity contribution in [1.29, 1.82) is 0 Å². The lowest BCUT2D eigenvalue weighted by Crippen LogP contribution is -2.14. The zero-order chi connectivity index (χ0) is 18.0. The SMILES string of the molecule is CC(=O)Nc1ccc2c(c1)c(C(=O)C(=O)O)nn2Cc1ccccc1. The van der Waals surface area contributed by atoms with Gasteiger partial charge in [-0.15, -0.1) is 0 Å². The maximum absolute atomic E-state index is 12.0. The molecular formula is C18H15N3O4. The van der Waals surface area contributed by atoms with Crippen molar-refractivity contribution < 1.29 is 19.5 Å². The van der Waals surface area contributed by atoms with Gasteiger partial charge in [0, 0.05) is 18.0 Å². The molecule has 0 aliphatic rings. The van der Waals surface area contributed by atoms with Gasteiger partial charge in [-0.2, -0.15) is 5.10 Å². The zero-order valence-electron chi connectivity index (χ0n) is 13.4. The molecule has 0 unspecified atom stereocenters. The van der Waals surface area contributed by atoms with Gasteiger partial charge in [0.25, 0.3) is 5.78 Å². The van der Waals surface area contributed by atoms with Crippen LogP contribution in [0.15, 0.2) is 48.5 Å². The summed E-state index contributed by atoms with van der Waals surface area (Å²) in [6.07, 6.45) is 0. The number of carbonyl (C=O) groups is 3. The number of ketones is 1. The number of aromatic nitrogens is 2. The van der Waals surface area contributed by atoms with Gasteiger partial charge in [0.1, 0.15) is 5.69 Å². The van der Waals surface area contributed by atoms with Crippen LogP contribution in [0, 0.1) is 0 Å². The standard InChI is InChI=1S/C18H15N3O4/c1-11(22)19-13-7-8-15-14(9-13)16(17(23)18(24)25)20-21(15)10-12-5-3-2-4-6-12/h2-9H,10H2,1H3,(H,19,22)(H,24,25). The average molecular weight is 337 g/mol. The average Bonchev–Trinajstić information content (AvgIpc) is 2.92. The Bertz CT molecular complexity index is 977.